The molecule has 0 spiro atoms. The van der Waals surface area contributed by atoms with Gasteiger partial charge in [-0.05, 0) is 47.8 Å². The van der Waals surface area contributed by atoms with Crippen molar-refractivity contribution in [3.63, 3.8) is 0 Å². The number of carbonyl (C=O) groups excluding carboxylic acids is 1. The van der Waals surface area contributed by atoms with Crippen molar-refractivity contribution in [2.45, 2.75) is 25.7 Å². The number of carbonyl (C=O) groups is 1. The highest BCUT2D eigenvalue weighted by molar-refractivity contribution is 9.10. The Morgan fingerprint density at radius 1 is 1.52 bits per heavy atom. The Labute approximate surface area is 130 Å². The lowest BCUT2D eigenvalue weighted by Crippen LogP contribution is -2.14. The molecule has 21 heavy (non-hydrogen) atoms. The van der Waals surface area contributed by atoms with E-state index < -0.39 is 0 Å². The minimum absolute atomic E-state index is 0.282. The van der Waals surface area contributed by atoms with Gasteiger partial charge in [0.1, 0.15) is 6.07 Å². The molecule has 1 fully saturated rings. The first-order chi connectivity index (χ1) is 10.1. The molecule has 3 rings (SSSR count). The molecule has 0 bridgehead atoms. The van der Waals surface area contributed by atoms with E-state index in [1.165, 1.54) is 12.8 Å². The average Bonchev–Trinajstić information content (AvgIpc) is 3.25. The molecular weight excluding hydrogens is 332 g/mol. The van der Waals surface area contributed by atoms with Gasteiger partial charge in [0.25, 0.3) is 5.91 Å². The van der Waals surface area contributed by atoms with Crippen LogP contribution in [-0.2, 0) is 0 Å². The Kier molecular flexibility index (Phi) is 3.52. The first-order valence-corrected chi connectivity index (χ1v) is 7.46. The standard InChI is InChI=1S/C15H13BrN4O/c1-8-13(9-5-6-9)19-20-14(8)18-15(21)11-4-2-3-10(7-17)12(11)16/h2-4,9H,5-6H2,1H3,(H2,18,19,20,21). The summed E-state index contributed by atoms with van der Waals surface area (Å²) >= 11 is 3.30. The second-order valence-electron chi connectivity index (χ2n) is 5.12. The lowest BCUT2D eigenvalue weighted by Gasteiger charge is -2.06. The second-order valence-corrected chi connectivity index (χ2v) is 5.91. The van der Waals surface area contributed by atoms with E-state index in [1.807, 2.05) is 13.0 Å². The highest BCUT2D eigenvalue weighted by Gasteiger charge is 2.28. The minimum Gasteiger partial charge on any atom is -0.305 e. The summed E-state index contributed by atoms with van der Waals surface area (Å²) in [4.78, 5) is 12.3. The fraction of sp³-hybridized carbons (Fsp3) is 0.267. The summed E-state index contributed by atoms with van der Waals surface area (Å²) < 4.78 is 0.501. The third-order valence-electron chi connectivity index (χ3n) is 3.63. The second kappa shape index (κ2) is 5.34. The molecule has 0 atom stereocenters. The van der Waals surface area contributed by atoms with Gasteiger partial charge in [-0.3, -0.25) is 9.89 Å². The molecule has 1 saturated carbocycles. The quantitative estimate of drug-likeness (QED) is 0.894. The zero-order chi connectivity index (χ0) is 15.0. The van der Waals surface area contributed by atoms with E-state index in [9.17, 15) is 4.79 Å². The van der Waals surface area contributed by atoms with Crippen LogP contribution in [-0.4, -0.2) is 16.1 Å². The Morgan fingerprint density at radius 3 is 2.95 bits per heavy atom. The number of amides is 1. The molecule has 1 heterocycles. The van der Waals surface area contributed by atoms with Crippen LogP contribution in [0.5, 0.6) is 0 Å². The summed E-state index contributed by atoms with van der Waals surface area (Å²) in [6.45, 7) is 1.95. The van der Waals surface area contributed by atoms with E-state index in [0.717, 1.165) is 11.3 Å². The number of anilines is 1. The lowest BCUT2D eigenvalue weighted by molar-refractivity contribution is 0.102. The third-order valence-corrected chi connectivity index (χ3v) is 4.48. The maximum Gasteiger partial charge on any atom is 0.258 e. The molecule has 2 aromatic rings. The number of hydrogen-bond acceptors (Lipinski definition) is 3. The van der Waals surface area contributed by atoms with Crippen LogP contribution in [0.25, 0.3) is 0 Å². The fourth-order valence-corrected chi connectivity index (χ4v) is 2.80. The molecule has 0 aliphatic heterocycles. The molecule has 1 aliphatic carbocycles. The van der Waals surface area contributed by atoms with E-state index in [0.29, 0.717) is 27.3 Å². The zero-order valence-corrected chi connectivity index (χ0v) is 13.0. The third kappa shape index (κ3) is 2.57. The van der Waals surface area contributed by atoms with Gasteiger partial charge in [0.15, 0.2) is 5.82 Å². The zero-order valence-electron chi connectivity index (χ0n) is 11.4. The topological polar surface area (TPSA) is 81.6 Å². The van der Waals surface area contributed by atoms with Gasteiger partial charge < -0.3 is 5.32 Å². The van der Waals surface area contributed by atoms with Crippen molar-refractivity contribution in [3.8, 4) is 6.07 Å². The number of nitriles is 1. The lowest BCUT2D eigenvalue weighted by atomic mass is 10.1. The monoisotopic (exact) mass is 344 g/mol. The van der Waals surface area contributed by atoms with Crippen LogP contribution in [0.4, 0.5) is 5.82 Å². The van der Waals surface area contributed by atoms with Crippen molar-refractivity contribution in [3.05, 3.63) is 45.1 Å². The summed E-state index contributed by atoms with van der Waals surface area (Å²) in [6.07, 6.45) is 2.35. The van der Waals surface area contributed by atoms with Crippen molar-refractivity contribution in [2.75, 3.05) is 5.32 Å². The number of rotatable bonds is 3. The van der Waals surface area contributed by atoms with Gasteiger partial charge in [0.05, 0.1) is 11.1 Å². The Morgan fingerprint density at radius 2 is 2.29 bits per heavy atom. The van der Waals surface area contributed by atoms with Crippen LogP contribution in [0.15, 0.2) is 22.7 Å². The van der Waals surface area contributed by atoms with Crippen molar-refractivity contribution < 1.29 is 4.79 Å². The van der Waals surface area contributed by atoms with Crippen LogP contribution in [0.2, 0.25) is 0 Å². The van der Waals surface area contributed by atoms with E-state index in [1.54, 1.807) is 18.2 Å². The van der Waals surface area contributed by atoms with Crippen LogP contribution < -0.4 is 5.32 Å². The summed E-state index contributed by atoms with van der Waals surface area (Å²) in [5.74, 6) is 0.823. The number of hydrogen-bond donors (Lipinski definition) is 2. The number of H-pyrrole nitrogens is 1. The molecule has 1 aliphatic rings. The minimum atomic E-state index is -0.282. The SMILES string of the molecule is Cc1c(NC(=O)c2cccc(C#N)c2Br)n[nH]c1C1CC1. The number of aromatic amines is 1. The number of halogens is 1. The summed E-state index contributed by atoms with van der Waals surface area (Å²) in [5.41, 5.74) is 2.94. The molecular formula is C15H13BrN4O. The highest BCUT2D eigenvalue weighted by atomic mass is 79.9. The summed E-state index contributed by atoms with van der Waals surface area (Å²) in [7, 11) is 0. The molecule has 1 aromatic carbocycles. The van der Waals surface area contributed by atoms with Gasteiger partial charge in [-0.25, -0.2) is 0 Å². The molecule has 0 unspecified atom stereocenters. The van der Waals surface area contributed by atoms with Gasteiger partial charge in [0, 0.05) is 21.6 Å². The van der Waals surface area contributed by atoms with Crippen LogP contribution in [0, 0.1) is 18.3 Å². The Bertz CT molecular complexity index is 756. The average molecular weight is 345 g/mol. The van der Waals surface area contributed by atoms with Gasteiger partial charge >= 0.3 is 0 Å². The van der Waals surface area contributed by atoms with Crippen LogP contribution in [0.1, 0.15) is 45.9 Å². The largest absolute Gasteiger partial charge is 0.305 e. The molecule has 1 aromatic heterocycles. The first kappa shape index (κ1) is 13.8. The fourth-order valence-electron chi connectivity index (χ4n) is 2.27. The predicted octanol–water partition coefficient (Wildman–Crippen LogP) is 3.48. The Hall–Kier alpha value is -2.13. The first-order valence-electron chi connectivity index (χ1n) is 6.66. The van der Waals surface area contributed by atoms with Crippen molar-refractivity contribution >= 4 is 27.7 Å². The van der Waals surface area contributed by atoms with Gasteiger partial charge in [-0.2, -0.15) is 10.4 Å². The molecule has 106 valence electrons. The van der Waals surface area contributed by atoms with E-state index in [4.69, 9.17) is 5.26 Å². The number of nitrogens with one attached hydrogen (secondary N) is 2. The summed E-state index contributed by atoms with van der Waals surface area (Å²) in [6, 6.07) is 7.06. The van der Waals surface area contributed by atoms with Crippen molar-refractivity contribution in [1.29, 1.82) is 5.26 Å². The van der Waals surface area contributed by atoms with Gasteiger partial charge in [-0.15, -0.1) is 0 Å². The number of aromatic nitrogens is 2. The predicted molar refractivity (Wildman–Crippen MR) is 82.1 cm³/mol. The number of benzene rings is 1. The molecule has 6 heteroatoms. The molecule has 0 saturated heterocycles. The maximum absolute atomic E-state index is 12.3. The normalized spacial score (nSPS) is 13.8. The summed E-state index contributed by atoms with van der Waals surface area (Å²) in [5, 5.41) is 19.0. The van der Waals surface area contributed by atoms with Gasteiger partial charge in [-0.1, -0.05) is 6.07 Å². The van der Waals surface area contributed by atoms with E-state index >= 15 is 0 Å². The number of nitrogens with zero attached hydrogens (tertiary/aromatic N) is 2. The smallest absolute Gasteiger partial charge is 0.258 e. The Balaban J connectivity index is 1.85. The van der Waals surface area contributed by atoms with Crippen molar-refractivity contribution in [2.24, 2.45) is 0 Å². The van der Waals surface area contributed by atoms with Gasteiger partial charge in [0.2, 0.25) is 0 Å². The molecule has 0 radical (unpaired) electrons. The van der Waals surface area contributed by atoms with Crippen LogP contribution >= 0.6 is 15.9 Å². The molecule has 1 amide bonds. The highest BCUT2D eigenvalue weighted by Crippen LogP contribution is 2.41. The van der Waals surface area contributed by atoms with E-state index in [-0.39, 0.29) is 5.91 Å². The van der Waals surface area contributed by atoms with E-state index in [2.05, 4.69) is 31.4 Å². The molecule has 2 N–H and O–H groups in total. The maximum atomic E-state index is 12.3. The van der Waals surface area contributed by atoms with Crippen molar-refractivity contribution in [1.82, 2.24) is 10.2 Å². The van der Waals surface area contributed by atoms with Crippen LogP contribution in [0.3, 0.4) is 0 Å². The molecule has 5 nitrogen and oxygen atoms in total.